The van der Waals surface area contributed by atoms with E-state index in [1.807, 2.05) is 0 Å². The van der Waals surface area contributed by atoms with Crippen molar-refractivity contribution in [2.75, 3.05) is 9.44 Å². The Morgan fingerprint density at radius 3 is 1.31 bits per heavy atom. The molecule has 0 aliphatic heterocycles. The van der Waals surface area contributed by atoms with Crippen LogP contribution in [-0.2, 0) is 20.0 Å². The third-order valence-corrected chi connectivity index (χ3v) is 9.40. The summed E-state index contributed by atoms with van der Waals surface area (Å²) in [5.74, 6) is -1.01. The number of carbonyl (C=O) groups excluding carboxylic acids is 1. The van der Waals surface area contributed by atoms with Gasteiger partial charge in [-0.15, -0.1) is 0 Å². The number of hydrogen-bond donors (Lipinski definition) is 2. The van der Waals surface area contributed by atoms with E-state index in [0.717, 1.165) is 12.1 Å². The minimum Gasteiger partial charge on any atom is -0.289 e. The van der Waals surface area contributed by atoms with Crippen molar-refractivity contribution in [1.82, 2.24) is 0 Å². The number of para-hydroxylation sites is 2. The summed E-state index contributed by atoms with van der Waals surface area (Å²) in [6.07, 6.45) is 0. The number of rotatable bonds is 8. The number of nitrogens with zero attached hydrogens (tertiary/aromatic N) is 2. The second-order valence-electron chi connectivity index (χ2n) is 9.41. The Morgan fingerprint density at radius 1 is 0.619 bits per heavy atom. The van der Waals surface area contributed by atoms with Crippen LogP contribution in [0.15, 0.2) is 82.6 Å². The molecule has 4 aromatic carbocycles. The van der Waals surface area contributed by atoms with Crippen molar-refractivity contribution < 1.29 is 31.5 Å². The topological polar surface area (TPSA) is 196 Å². The Kier molecular flexibility index (Phi) is 6.79. The van der Waals surface area contributed by atoms with Crippen LogP contribution in [0, 0.1) is 34.1 Å². The van der Waals surface area contributed by atoms with Crippen molar-refractivity contribution >= 4 is 48.6 Å². The second-order valence-corrected chi connectivity index (χ2v) is 12.8. The van der Waals surface area contributed by atoms with Crippen LogP contribution >= 0.6 is 0 Å². The first kappa shape index (κ1) is 28.4. The van der Waals surface area contributed by atoms with Gasteiger partial charge >= 0.3 is 0 Å². The predicted molar refractivity (Wildman–Crippen MR) is 153 cm³/mol. The smallest absolute Gasteiger partial charge is 0.279 e. The lowest BCUT2D eigenvalue weighted by Gasteiger charge is -2.12. The minimum atomic E-state index is -4.47. The Hall–Kier alpha value is -5.15. The van der Waals surface area contributed by atoms with E-state index in [9.17, 15) is 41.9 Å². The number of fused-ring (bicyclic) bond motifs is 3. The fraction of sp³-hybridized carbons (Fsp3) is 0.0741. The van der Waals surface area contributed by atoms with Crippen molar-refractivity contribution in [2.45, 2.75) is 23.6 Å². The van der Waals surface area contributed by atoms with Gasteiger partial charge in [0.15, 0.2) is 5.78 Å². The minimum absolute atomic E-state index is 0.196. The number of anilines is 2. The highest BCUT2D eigenvalue weighted by molar-refractivity contribution is 7.93. The van der Waals surface area contributed by atoms with E-state index < -0.39 is 79.1 Å². The summed E-state index contributed by atoms with van der Waals surface area (Å²) in [4.78, 5) is 34.6. The number of nitro benzene ring substituents is 2. The molecule has 2 N–H and O–H groups in total. The van der Waals surface area contributed by atoms with E-state index in [4.69, 9.17) is 0 Å². The number of nitrogens with one attached hydrogen (secondary N) is 2. The zero-order valence-corrected chi connectivity index (χ0v) is 23.4. The van der Waals surface area contributed by atoms with Crippen LogP contribution < -0.4 is 9.44 Å². The normalized spacial score (nSPS) is 12.4. The highest BCUT2D eigenvalue weighted by Crippen LogP contribution is 2.49. The molecule has 0 fully saturated rings. The number of sulfonamides is 2. The highest BCUT2D eigenvalue weighted by Gasteiger charge is 2.41. The van der Waals surface area contributed by atoms with E-state index in [0.29, 0.717) is 23.3 Å². The van der Waals surface area contributed by atoms with E-state index in [2.05, 4.69) is 9.44 Å². The van der Waals surface area contributed by atoms with Crippen LogP contribution in [-0.4, -0.2) is 32.5 Å². The summed E-state index contributed by atoms with van der Waals surface area (Å²) < 4.78 is 57.6. The van der Waals surface area contributed by atoms with E-state index in [1.54, 1.807) is 50.2 Å². The summed E-state index contributed by atoms with van der Waals surface area (Å²) >= 11 is 0. The predicted octanol–water partition coefficient (Wildman–Crippen LogP) is 4.93. The van der Waals surface area contributed by atoms with Crippen LogP contribution in [0.3, 0.4) is 0 Å². The average molecular weight is 609 g/mol. The first-order chi connectivity index (χ1) is 19.7. The number of carbonyl (C=O) groups is 1. The first-order valence-corrected chi connectivity index (χ1v) is 15.0. The molecule has 214 valence electrons. The summed E-state index contributed by atoms with van der Waals surface area (Å²) in [5, 5.41) is 24.2. The molecule has 42 heavy (non-hydrogen) atoms. The third-order valence-electron chi connectivity index (χ3n) is 6.71. The molecule has 1 aliphatic carbocycles. The molecule has 5 rings (SSSR count). The summed E-state index contributed by atoms with van der Waals surface area (Å²) in [6.45, 7) is 3.28. The van der Waals surface area contributed by atoms with Crippen molar-refractivity contribution in [2.24, 2.45) is 0 Å². The number of ketones is 1. The van der Waals surface area contributed by atoms with Crippen molar-refractivity contribution in [3.63, 3.8) is 0 Å². The SMILES string of the molecule is Cc1ccccc1NS(=O)(=O)c1cc2c(c([N+](=O)[O-])c1)-c1c(cc(S(=O)(=O)Nc3ccccc3C)cc1[N+](=O)[O-])C2=O. The fourth-order valence-electron chi connectivity index (χ4n) is 4.61. The number of aryl methyl sites for hydroxylation is 2. The van der Waals surface area contributed by atoms with Crippen LogP contribution in [0.1, 0.15) is 27.0 Å². The maximum atomic E-state index is 13.5. The average Bonchev–Trinajstić information content (AvgIpc) is 3.21. The lowest BCUT2D eigenvalue weighted by molar-refractivity contribution is -0.386. The van der Waals surface area contributed by atoms with Gasteiger partial charge < -0.3 is 0 Å². The molecule has 0 spiro atoms. The lowest BCUT2D eigenvalue weighted by atomic mass is 10.0. The van der Waals surface area contributed by atoms with Gasteiger partial charge in [-0.05, 0) is 49.2 Å². The van der Waals surface area contributed by atoms with Crippen LogP contribution in [0.5, 0.6) is 0 Å². The van der Waals surface area contributed by atoms with Crippen LogP contribution in [0.25, 0.3) is 11.1 Å². The van der Waals surface area contributed by atoms with E-state index in [1.165, 1.54) is 12.1 Å². The molecular formula is C27H20N4O9S2. The highest BCUT2D eigenvalue weighted by atomic mass is 32.2. The van der Waals surface area contributed by atoms with Crippen molar-refractivity contribution in [1.29, 1.82) is 0 Å². The van der Waals surface area contributed by atoms with E-state index >= 15 is 0 Å². The Morgan fingerprint density at radius 2 is 0.976 bits per heavy atom. The van der Waals surface area contributed by atoms with Gasteiger partial charge in [0.05, 0.1) is 42.1 Å². The second kappa shape index (κ2) is 10.0. The van der Waals surface area contributed by atoms with Gasteiger partial charge in [-0.2, -0.15) is 0 Å². The molecule has 0 bridgehead atoms. The van der Waals surface area contributed by atoms with Gasteiger partial charge in [0.25, 0.3) is 31.4 Å². The monoisotopic (exact) mass is 608 g/mol. The van der Waals surface area contributed by atoms with Gasteiger partial charge in [-0.25, -0.2) is 16.8 Å². The molecule has 4 aromatic rings. The largest absolute Gasteiger partial charge is 0.289 e. The number of benzene rings is 4. The fourth-order valence-corrected chi connectivity index (χ4v) is 6.96. The molecule has 0 saturated carbocycles. The molecule has 0 amide bonds. The maximum absolute atomic E-state index is 13.5. The van der Waals surface area contributed by atoms with Gasteiger partial charge in [0, 0.05) is 23.3 Å². The summed E-state index contributed by atoms with van der Waals surface area (Å²) in [6, 6.07) is 15.9. The zero-order valence-electron chi connectivity index (χ0n) is 21.8. The molecule has 0 saturated heterocycles. The van der Waals surface area contributed by atoms with Crippen LogP contribution in [0.2, 0.25) is 0 Å². The quantitative estimate of drug-likeness (QED) is 0.181. The van der Waals surface area contributed by atoms with E-state index in [-0.39, 0.29) is 11.4 Å². The molecular weight excluding hydrogens is 588 g/mol. The van der Waals surface area contributed by atoms with Gasteiger partial charge in [0.2, 0.25) is 0 Å². The molecule has 0 radical (unpaired) electrons. The summed E-state index contributed by atoms with van der Waals surface area (Å²) in [5.41, 5.74) is -2.17. The molecule has 0 aromatic heterocycles. The van der Waals surface area contributed by atoms with Gasteiger partial charge in [-0.1, -0.05) is 36.4 Å². The Bertz CT molecular complexity index is 1930. The standard InChI is InChI=1S/C27H20N4O9S2/c1-15-7-3-5-9-21(15)28-41(37,38)17-11-19-25(23(13-17)30(33)34)26-20(27(19)32)12-18(14-24(26)31(35)36)42(39,40)29-22-10-6-4-8-16(22)2/h3-14,28-29H,1-2H3. The van der Waals surface area contributed by atoms with Crippen LogP contribution in [0.4, 0.5) is 22.7 Å². The Balaban J connectivity index is 1.68. The summed E-state index contributed by atoms with van der Waals surface area (Å²) in [7, 11) is -8.93. The molecule has 1 aliphatic rings. The maximum Gasteiger partial charge on any atom is 0.279 e. The number of nitro groups is 2. The molecule has 13 nitrogen and oxygen atoms in total. The zero-order chi connectivity index (χ0) is 30.6. The van der Waals surface area contributed by atoms with Gasteiger partial charge in [0.1, 0.15) is 0 Å². The first-order valence-electron chi connectivity index (χ1n) is 12.1. The number of hydrogen-bond acceptors (Lipinski definition) is 9. The molecule has 0 unspecified atom stereocenters. The van der Waals surface area contributed by atoms with Crippen molar-refractivity contribution in [3.05, 3.63) is 115 Å². The molecule has 0 heterocycles. The van der Waals surface area contributed by atoms with Crippen molar-refractivity contribution in [3.8, 4) is 11.1 Å². The molecule has 15 heteroatoms. The lowest BCUT2D eigenvalue weighted by Crippen LogP contribution is -2.15. The molecule has 0 atom stereocenters. The Labute approximate surface area is 239 Å². The third kappa shape index (κ3) is 4.84. The van der Waals surface area contributed by atoms with Gasteiger partial charge in [-0.3, -0.25) is 34.5 Å².